The molecular formula is C20H19ClN4O3. The molecule has 0 spiro atoms. The smallest absolute Gasteiger partial charge is 0.277 e. The fourth-order valence-electron chi connectivity index (χ4n) is 2.42. The van der Waals surface area contributed by atoms with Gasteiger partial charge in [0.05, 0.1) is 30.3 Å². The largest absolute Gasteiger partial charge is 0.497 e. The van der Waals surface area contributed by atoms with Gasteiger partial charge in [0.1, 0.15) is 16.7 Å². The van der Waals surface area contributed by atoms with Gasteiger partial charge in [0.25, 0.3) is 5.91 Å². The highest BCUT2D eigenvalue weighted by Crippen LogP contribution is 2.21. The van der Waals surface area contributed by atoms with E-state index in [0.29, 0.717) is 27.9 Å². The first kappa shape index (κ1) is 19.4. The third-order valence-corrected chi connectivity index (χ3v) is 4.22. The molecule has 3 aromatic rings. The van der Waals surface area contributed by atoms with E-state index < -0.39 is 5.91 Å². The zero-order valence-corrected chi connectivity index (χ0v) is 16.2. The number of carbonyl (C=O) groups is 1. The van der Waals surface area contributed by atoms with Crippen molar-refractivity contribution in [3.8, 4) is 17.2 Å². The molecule has 144 valence electrons. The van der Waals surface area contributed by atoms with E-state index in [9.17, 15) is 4.79 Å². The Labute approximate surface area is 167 Å². The number of nitrogens with one attached hydrogen (secondary N) is 1. The molecule has 0 unspecified atom stereocenters. The third kappa shape index (κ3) is 4.69. The van der Waals surface area contributed by atoms with Crippen LogP contribution in [0.1, 0.15) is 11.3 Å². The molecule has 7 nitrogen and oxygen atoms in total. The Hall–Kier alpha value is -3.32. The first-order chi connectivity index (χ1) is 13.6. The molecule has 28 heavy (non-hydrogen) atoms. The molecule has 0 aliphatic heterocycles. The maximum absolute atomic E-state index is 11.9. The van der Waals surface area contributed by atoms with E-state index in [-0.39, 0.29) is 6.61 Å². The van der Waals surface area contributed by atoms with E-state index in [0.717, 1.165) is 5.69 Å². The number of halogens is 1. The van der Waals surface area contributed by atoms with E-state index in [1.807, 2.05) is 37.3 Å². The lowest BCUT2D eigenvalue weighted by Crippen LogP contribution is -2.24. The normalized spacial score (nSPS) is 10.8. The summed E-state index contributed by atoms with van der Waals surface area (Å²) in [5.41, 5.74) is 4.57. The highest BCUT2D eigenvalue weighted by molar-refractivity contribution is 6.32. The minimum atomic E-state index is -0.392. The number of hydrazone groups is 1. The van der Waals surface area contributed by atoms with Gasteiger partial charge in [-0.3, -0.25) is 4.79 Å². The second-order valence-electron chi connectivity index (χ2n) is 5.79. The van der Waals surface area contributed by atoms with E-state index in [1.165, 1.54) is 6.21 Å². The van der Waals surface area contributed by atoms with Gasteiger partial charge in [-0.05, 0) is 43.3 Å². The van der Waals surface area contributed by atoms with Crippen LogP contribution in [0.25, 0.3) is 5.69 Å². The van der Waals surface area contributed by atoms with Crippen LogP contribution >= 0.6 is 11.6 Å². The predicted octanol–water partition coefficient (Wildman–Crippen LogP) is 3.37. The molecule has 2 aromatic carbocycles. The molecule has 1 amide bonds. The number of methoxy groups -OCH3 is 1. The van der Waals surface area contributed by atoms with Crippen molar-refractivity contribution < 1.29 is 14.3 Å². The Morgan fingerprint density at radius 1 is 1.18 bits per heavy atom. The molecule has 8 heteroatoms. The number of rotatable bonds is 7. The maximum atomic E-state index is 11.9. The first-order valence-corrected chi connectivity index (χ1v) is 8.85. The van der Waals surface area contributed by atoms with Gasteiger partial charge in [-0.2, -0.15) is 10.2 Å². The fourth-order valence-corrected chi connectivity index (χ4v) is 2.74. The molecule has 3 rings (SSSR count). The molecule has 0 saturated carbocycles. The van der Waals surface area contributed by atoms with Crippen molar-refractivity contribution in [1.82, 2.24) is 15.2 Å². The van der Waals surface area contributed by atoms with Crippen molar-refractivity contribution in [2.45, 2.75) is 6.92 Å². The third-order valence-electron chi connectivity index (χ3n) is 3.86. The number of hydrogen-bond donors (Lipinski definition) is 1. The SMILES string of the molecule is COc1ccc(OCC(=O)N/N=C/c2c(C)nn(-c3ccccc3)c2Cl)cc1. The summed E-state index contributed by atoms with van der Waals surface area (Å²) in [6, 6.07) is 16.5. The van der Waals surface area contributed by atoms with E-state index in [2.05, 4.69) is 15.6 Å². The molecular weight excluding hydrogens is 380 g/mol. The number of benzene rings is 2. The molecule has 0 atom stereocenters. The monoisotopic (exact) mass is 398 g/mol. The van der Waals surface area contributed by atoms with Crippen molar-refractivity contribution in [3.63, 3.8) is 0 Å². The predicted molar refractivity (Wildman–Crippen MR) is 108 cm³/mol. The number of amides is 1. The zero-order valence-electron chi connectivity index (χ0n) is 15.4. The highest BCUT2D eigenvalue weighted by Gasteiger charge is 2.13. The van der Waals surface area contributed by atoms with Crippen LogP contribution in [0.2, 0.25) is 5.15 Å². The van der Waals surface area contributed by atoms with Crippen LogP contribution in [0.3, 0.4) is 0 Å². The second kappa shape index (κ2) is 9.05. The Morgan fingerprint density at radius 3 is 2.54 bits per heavy atom. The summed E-state index contributed by atoms with van der Waals surface area (Å²) in [7, 11) is 1.58. The number of aryl methyl sites for hydroxylation is 1. The number of nitrogens with zero attached hydrogens (tertiary/aromatic N) is 3. The van der Waals surface area contributed by atoms with Crippen molar-refractivity contribution in [2.24, 2.45) is 5.10 Å². The lowest BCUT2D eigenvalue weighted by molar-refractivity contribution is -0.123. The molecule has 0 radical (unpaired) electrons. The topological polar surface area (TPSA) is 77.7 Å². The van der Waals surface area contributed by atoms with Crippen LogP contribution in [0.5, 0.6) is 11.5 Å². The van der Waals surface area contributed by atoms with Gasteiger partial charge in [-0.15, -0.1) is 0 Å². The number of para-hydroxylation sites is 1. The summed E-state index contributed by atoms with van der Waals surface area (Å²) in [4.78, 5) is 11.9. The molecule has 0 aliphatic rings. The summed E-state index contributed by atoms with van der Waals surface area (Å²) in [5, 5.41) is 8.77. The zero-order chi connectivity index (χ0) is 19.9. The van der Waals surface area contributed by atoms with Crippen molar-refractivity contribution >= 4 is 23.7 Å². The minimum absolute atomic E-state index is 0.167. The Kier molecular flexibility index (Phi) is 6.29. The fraction of sp³-hybridized carbons (Fsp3) is 0.150. The summed E-state index contributed by atoms with van der Waals surface area (Å²) in [6.07, 6.45) is 1.47. The van der Waals surface area contributed by atoms with Gasteiger partial charge in [-0.25, -0.2) is 10.1 Å². The van der Waals surface area contributed by atoms with Crippen molar-refractivity contribution in [2.75, 3.05) is 13.7 Å². The molecule has 1 N–H and O–H groups in total. The summed E-state index contributed by atoms with van der Waals surface area (Å²) >= 11 is 6.41. The number of carbonyl (C=O) groups excluding carboxylic acids is 1. The van der Waals surface area contributed by atoms with Crippen LogP contribution in [-0.4, -0.2) is 35.6 Å². The van der Waals surface area contributed by atoms with Gasteiger partial charge < -0.3 is 9.47 Å². The highest BCUT2D eigenvalue weighted by atomic mass is 35.5. The van der Waals surface area contributed by atoms with Gasteiger partial charge in [0.15, 0.2) is 6.61 Å². The second-order valence-corrected chi connectivity index (χ2v) is 6.15. The average Bonchev–Trinajstić information content (AvgIpc) is 3.01. The maximum Gasteiger partial charge on any atom is 0.277 e. The molecule has 0 aliphatic carbocycles. The summed E-state index contributed by atoms with van der Waals surface area (Å²) in [5.74, 6) is 0.879. The van der Waals surface area contributed by atoms with Crippen LogP contribution in [0.4, 0.5) is 0 Å². The molecule has 0 fully saturated rings. The summed E-state index contributed by atoms with van der Waals surface area (Å²) < 4.78 is 12.1. The van der Waals surface area contributed by atoms with Gasteiger partial charge in [0, 0.05) is 0 Å². The average molecular weight is 399 g/mol. The molecule has 1 heterocycles. The van der Waals surface area contributed by atoms with Gasteiger partial charge in [0.2, 0.25) is 0 Å². The van der Waals surface area contributed by atoms with Crippen molar-refractivity contribution in [3.05, 3.63) is 71.0 Å². The standard InChI is InChI=1S/C20H19ClN4O3/c1-14-18(20(21)25(24-14)15-6-4-3-5-7-15)12-22-23-19(26)13-28-17-10-8-16(27-2)9-11-17/h3-12H,13H2,1-2H3,(H,23,26)/b22-12+. The molecule has 0 bridgehead atoms. The molecule has 0 saturated heterocycles. The van der Waals surface area contributed by atoms with Gasteiger partial charge >= 0.3 is 0 Å². The first-order valence-electron chi connectivity index (χ1n) is 8.48. The van der Waals surface area contributed by atoms with Crippen LogP contribution in [0.15, 0.2) is 59.7 Å². The van der Waals surface area contributed by atoms with Gasteiger partial charge in [-0.1, -0.05) is 29.8 Å². The number of hydrogen-bond acceptors (Lipinski definition) is 5. The lowest BCUT2D eigenvalue weighted by Gasteiger charge is -2.05. The van der Waals surface area contributed by atoms with Crippen LogP contribution < -0.4 is 14.9 Å². The van der Waals surface area contributed by atoms with Crippen LogP contribution in [0, 0.1) is 6.92 Å². The van der Waals surface area contributed by atoms with E-state index >= 15 is 0 Å². The Bertz CT molecular complexity index is 969. The number of aromatic nitrogens is 2. The summed E-state index contributed by atoms with van der Waals surface area (Å²) in [6.45, 7) is 1.65. The quantitative estimate of drug-likeness (QED) is 0.489. The van der Waals surface area contributed by atoms with Crippen LogP contribution in [-0.2, 0) is 4.79 Å². The molecule has 1 aromatic heterocycles. The Morgan fingerprint density at radius 2 is 1.86 bits per heavy atom. The number of ether oxygens (including phenoxy) is 2. The lowest BCUT2D eigenvalue weighted by atomic mass is 10.3. The van der Waals surface area contributed by atoms with Crippen molar-refractivity contribution in [1.29, 1.82) is 0 Å². The van der Waals surface area contributed by atoms with E-state index in [1.54, 1.807) is 36.1 Å². The Balaban J connectivity index is 1.58. The van der Waals surface area contributed by atoms with E-state index in [4.69, 9.17) is 21.1 Å². The minimum Gasteiger partial charge on any atom is -0.497 e.